The molecule has 0 atom stereocenters. The van der Waals surface area contributed by atoms with E-state index >= 15 is 0 Å². The first-order valence-corrected chi connectivity index (χ1v) is 6.21. The number of benzene rings is 1. The van der Waals surface area contributed by atoms with Gasteiger partial charge < -0.3 is 9.64 Å². The number of nitrogens with zero attached hydrogens (tertiary/aromatic N) is 1. The largest absolute Gasteiger partial charge is 0.378 e. The van der Waals surface area contributed by atoms with Gasteiger partial charge in [-0.2, -0.15) is 0 Å². The highest BCUT2D eigenvalue weighted by atomic mass is 79.9. The first-order valence-electron chi connectivity index (χ1n) is 5.42. The number of hydrogen-bond acceptors (Lipinski definition) is 2. The number of hydrogen-bond donors (Lipinski definition) is 0. The summed E-state index contributed by atoms with van der Waals surface area (Å²) in [6.45, 7) is 5.89. The van der Waals surface area contributed by atoms with Gasteiger partial charge in [0.1, 0.15) is 0 Å². The predicted octanol–water partition coefficient (Wildman–Crippen LogP) is 2.85. The van der Waals surface area contributed by atoms with Crippen LogP contribution in [0.2, 0.25) is 0 Å². The Labute approximate surface area is 99.4 Å². The maximum Gasteiger partial charge on any atom is 0.0642 e. The molecule has 1 saturated heterocycles. The van der Waals surface area contributed by atoms with Gasteiger partial charge >= 0.3 is 0 Å². The minimum Gasteiger partial charge on any atom is -0.378 e. The standard InChI is InChI=1S/C12H16BrNO/c1-2-10-3-4-11(13)9-12(10)14-5-7-15-8-6-14/h3-4,9H,2,5-8H2,1H3. The molecule has 0 saturated carbocycles. The van der Waals surface area contributed by atoms with Gasteiger partial charge in [0.15, 0.2) is 0 Å². The second kappa shape index (κ2) is 4.99. The highest BCUT2D eigenvalue weighted by molar-refractivity contribution is 9.10. The smallest absolute Gasteiger partial charge is 0.0642 e. The lowest BCUT2D eigenvalue weighted by molar-refractivity contribution is 0.122. The topological polar surface area (TPSA) is 12.5 Å². The van der Waals surface area contributed by atoms with Crippen molar-refractivity contribution in [1.82, 2.24) is 0 Å². The van der Waals surface area contributed by atoms with Crippen LogP contribution in [0.5, 0.6) is 0 Å². The van der Waals surface area contributed by atoms with Crippen molar-refractivity contribution in [3.05, 3.63) is 28.2 Å². The van der Waals surface area contributed by atoms with Crippen LogP contribution >= 0.6 is 15.9 Å². The van der Waals surface area contributed by atoms with Gasteiger partial charge in [0.25, 0.3) is 0 Å². The Morgan fingerprint density at radius 1 is 1.33 bits per heavy atom. The van der Waals surface area contributed by atoms with E-state index in [0.29, 0.717) is 0 Å². The summed E-state index contributed by atoms with van der Waals surface area (Å²) in [7, 11) is 0. The lowest BCUT2D eigenvalue weighted by Gasteiger charge is -2.30. The molecule has 2 rings (SSSR count). The van der Waals surface area contributed by atoms with Crippen LogP contribution in [0.4, 0.5) is 5.69 Å². The van der Waals surface area contributed by atoms with E-state index in [-0.39, 0.29) is 0 Å². The molecule has 0 unspecified atom stereocenters. The Morgan fingerprint density at radius 3 is 2.73 bits per heavy atom. The van der Waals surface area contributed by atoms with Gasteiger partial charge in [-0.15, -0.1) is 0 Å². The molecule has 0 radical (unpaired) electrons. The number of morpholine rings is 1. The second-order valence-electron chi connectivity index (χ2n) is 3.73. The lowest BCUT2D eigenvalue weighted by atomic mass is 10.1. The van der Waals surface area contributed by atoms with Gasteiger partial charge in [0.05, 0.1) is 13.2 Å². The van der Waals surface area contributed by atoms with Crippen molar-refractivity contribution < 1.29 is 4.74 Å². The number of halogens is 1. The van der Waals surface area contributed by atoms with Gasteiger partial charge in [-0.1, -0.05) is 28.9 Å². The highest BCUT2D eigenvalue weighted by Gasteiger charge is 2.14. The van der Waals surface area contributed by atoms with E-state index in [1.54, 1.807) is 0 Å². The summed E-state index contributed by atoms with van der Waals surface area (Å²) >= 11 is 3.53. The molecular formula is C12H16BrNO. The molecule has 1 fully saturated rings. The van der Waals surface area contributed by atoms with Crippen molar-refractivity contribution in [1.29, 1.82) is 0 Å². The van der Waals surface area contributed by atoms with E-state index in [2.05, 4.69) is 46.0 Å². The first-order chi connectivity index (χ1) is 7.31. The zero-order chi connectivity index (χ0) is 10.7. The molecule has 1 aromatic carbocycles. The summed E-state index contributed by atoms with van der Waals surface area (Å²) < 4.78 is 6.53. The summed E-state index contributed by atoms with van der Waals surface area (Å²) in [6, 6.07) is 6.53. The van der Waals surface area contributed by atoms with Crippen molar-refractivity contribution in [2.75, 3.05) is 31.2 Å². The predicted molar refractivity (Wildman–Crippen MR) is 66.6 cm³/mol. The van der Waals surface area contributed by atoms with Gasteiger partial charge in [0, 0.05) is 23.2 Å². The zero-order valence-electron chi connectivity index (χ0n) is 9.00. The van der Waals surface area contributed by atoms with E-state index in [9.17, 15) is 0 Å². The van der Waals surface area contributed by atoms with Crippen LogP contribution in [-0.4, -0.2) is 26.3 Å². The molecule has 82 valence electrons. The highest BCUT2D eigenvalue weighted by Crippen LogP contribution is 2.26. The quantitative estimate of drug-likeness (QED) is 0.819. The third-order valence-corrected chi connectivity index (χ3v) is 3.27. The summed E-state index contributed by atoms with van der Waals surface area (Å²) in [4.78, 5) is 2.41. The molecule has 0 N–H and O–H groups in total. The molecule has 1 aliphatic rings. The number of rotatable bonds is 2. The van der Waals surface area contributed by atoms with Gasteiger partial charge in [-0.3, -0.25) is 0 Å². The fraction of sp³-hybridized carbons (Fsp3) is 0.500. The number of ether oxygens (including phenoxy) is 1. The minimum absolute atomic E-state index is 0.843. The van der Waals surface area contributed by atoms with E-state index in [0.717, 1.165) is 37.2 Å². The van der Waals surface area contributed by atoms with Crippen LogP contribution in [0.25, 0.3) is 0 Å². The monoisotopic (exact) mass is 269 g/mol. The SMILES string of the molecule is CCc1ccc(Br)cc1N1CCOCC1. The van der Waals surface area contributed by atoms with Gasteiger partial charge in [-0.05, 0) is 24.1 Å². The maximum absolute atomic E-state index is 5.37. The Bertz CT molecular complexity index is 334. The molecule has 0 amide bonds. The van der Waals surface area contributed by atoms with Crippen LogP contribution in [0.15, 0.2) is 22.7 Å². The molecule has 0 bridgehead atoms. The number of aryl methyl sites for hydroxylation is 1. The Morgan fingerprint density at radius 2 is 2.07 bits per heavy atom. The van der Waals surface area contributed by atoms with Crippen LogP contribution in [-0.2, 0) is 11.2 Å². The molecular weight excluding hydrogens is 254 g/mol. The third kappa shape index (κ3) is 2.52. The summed E-state index contributed by atoms with van der Waals surface area (Å²) in [5.41, 5.74) is 2.77. The fourth-order valence-corrected chi connectivity index (χ4v) is 2.28. The van der Waals surface area contributed by atoms with E-state index in [1.807, 2.05) is 0 Å². The summed E-state index contributed by atoms with van der Waals surface area (Å²) in [5.74, 6) is 0. The second-order valence-corrected chi connectivity index (χ2v) is 4.64. The lowest BCUT2D eigenvalue weighted by Crippen LogP contribution is -2.36. The van der Waals surface area contributed by atoms with Crippen molar-refractivity contribution in [3.8, 4) is 0 Å². The molecule has 1 aliphatic heterocycles. The third-order valence-electron chi connectivity index (χ3n) is 2.78. The summed E-state index contributed by atoms with van der Waals surface area (Å²) in [5, 5.41) is 0. The zero-order valence-corrected chi connectivity index (χ0v) is 10.6. The number of anilines is 1. The van der Waals surface area contributed by atoms with Crippen LogP contribution < -0.4 is 4.90 Å². The van der Waals surface area contributed by atoms with Crippen molar-refractivity contribution in [3.63, 3.8) is 0 Å². The van der Waals surface area contributed by atoms with Crippen LogP contribution in [0.1, 0.15) is 12.5 Å². The minimum atomic E-state index is 0.843. The molecule has 0 aliphatic carbocycles. The maximum atomic E-state index is 5.37. The van der Waals surface area contributed by atoms with Crippen molar-refractivity contribution in [2.24, 2.45) is 0 Å². The van der Waals surface area contributed by atoms with Crippen molar-refractivity contribution >= 4 is 21.6 Å². The van der Waals surface area contributed by atoms with Gasteiger partial charge in [-0.25, -0.2) is 0 Å². The molecule has 3 heteroatoms. The fourth-order valence-electron chi connectivity index (χ4n) is 1.93. The van der Waals surface area contributed by atoms with E-state index in [4.69, 9.17) is 4.74 Å². The Balaban J connectivity index is 2.27. The van der Waals surface area contributed by atoms with E-state index < -0.39 is 0 Å². The molecule has 1 aromatic rings. The average molecular weight is 270 g/mol. The average Bonchev–Trinajstić information content (AvgIpc) is 2.30. The van der Waals surface area contributed by atoms with Crippen LogP contribution in [0.3, 0.4) is 0 Å². The Kier molecular flexibility index (Phi) is 3.65. The molecule has 15 heavy (non-hydrogen) atoms. The van der Waals surface area contributed by atoms with Gasteiger partial charge in [0.2, 0.25) is 0 Å². The van der Waals surface area contributed by atoms with Crippen LogP contribution in [0, 0.1) is 0 Å². The summed E-state index contributed by atoms with van der Waals surface area (Å²) in [6.07, 6.45) is 1.08. The van der Waals surface area contributed by atoms with E-state index in [1.165, 1.54) is 11.3 Å². The molecule has 2 nitrogen and oxygen atoms in total. The molecule has 0 aromatic heterocycles. The Hall–Kier alpha value is -0.540. The molecule has 1 heterocycles. The first kappa shape index (κ1) is 11.0. The van der Waals surface area contributed by atoms with Crippen molar-refractivity contribution in [2.45, 2.75) is 13.3 Å². The molecule has 0 spiro atoms. The normalized spacial score (nSPS) is 16.8.